The van der Waals surface area contributed by atoms with E-state index >= 15 is 0 Å². The van der Waals surface area contributed by atoms with Crippen LogP contribution in [0.5, 0.6) is 0 Å². The van der Waals surface area contributed by atoms with Crippen LogP contribution in [0.25, 0.3) is 0 Å². The minimum absolute atomic E-state index is 0.289. The Labute approximate surface area is 85.8 Å². The lowest BCUT2D eigenvalue weighted by atomic mass is 9.89. The molecule has 4 heteroatoms. The number of Topliss-reactive ketones (excluding diaryl/α,β-unsaturated/α-hetero) is 1. The Kier molecular flexibility index (Phi) is 2.11. The van der Waals surface area contributed by atoms with Gasteiger partial charge >= 0.3 is 11.9 Å². The minimum Gasteiger partial charge on any atom is -0.389 e. The van der Waals surface area contributed by atoms with Crippen molar-refractivity contribution in [2.45, 2.75) is 12.8 Å². The molecular weight excluding hydrogens is 196 g/mol. The first kappa shape index (κ1) is 9.58. The van der Waals surface area contributed by atoms with Crippen molar-refractivity contribution in [3.63, 3.8) is 0 Å². The molecule has 0 unspecified atom stereocenters. The van der Waals surface area contributed by atoms with Crippen LogP contribution in [0, 0.1) is 0 Å². The summed E-state index contributed by atoms with van der Waals surface area (Å²) >= 11 is 0. The van der Waals surface area contributed by atoms with Gasteiger partial charge in [0.05, 0.1) is 5.56 Å². The van der Waals surface area contributed by atoms with Crippen molar-refractivity contribution in [1.82, 2.24) is 0 Å². The fourth-order valence-electron chi connectivity index (χ4n) is 1.65. The maximum atomic E-state index is 11.3. The number of carbonyl (C=O) groups is 3. The highest BCUT2D eigenvalue weighted by Crippen LogP contribution is 2.27. The van der Waals surface area contributed by atoms with Gasteiger partial charge in [0.1, 0.15) is 11.7 Å². The highest BCUT2D eigenvalue weighted by atomic mass is 16.6. The van der Waals surface area contributed by atoms with Gasteiger partial charge in [0.25, 0.3) is 0 Å². The zero-order chi connectivity index (χ0) is 11.0. The van der Waals surface area contributed by atoms with Crippen molar-refractivity contribution in [2.24, 2.45) is 0 Å². The quantitative estimate of drug-likeness (QED) is 0.506. The van der Waals surface area contributed by atoms with Gasteiger partial charge in [-0.2, -0.15) is 0 Å². The third kappa shape index (κ3) is 1.44. The Morgan fingerprint density at radius 2 is 1.93 bits per heavy atom. The average molecular weight is 204 g/mol. The second-order valence-corrected chi connectivity index (χ2v) is 3.34. The normalized spacial score (nSPS) is 19.4. The summed E-state index contributed by atoms with van der Waals surface area (Å²) in [6, 6.07) is 6.48. The first-order valence-corrected chi connectivity index (χ1v) is 4.46. The van der Waals surface area contributed by atoms with Gasteiger partial charge in [0, 0.05) is 0 Å². The molecule has 0 fully saturated rings. The molecule has 0 aliphatic carbocycles. The van der Waals surface area contributed by atoms with Gasteiger partial charge in [-0.25, -0.2) is 4.79 Å². The predicted octanol–water partition coefficient (Wildman–Crippen LogP) is 1.06. The maximum absolute atomic E-state index is 11.3. The molecule has 0 spiro atoms. The van der Waals surface area contributed by atoms with Crippen molar-refractivity contribution >= 4 is 17.7 Å². The number of rotatable bonds is 1. The number of fused-ring (bicyclic) bond motifs is 1. The summed E-state index contributed by atoms with van der Waals surface area (Å²) in [5, 5.41) is 0. The van der Waals surface area contributed by atoms with Crippen molar-refractivity contribution in [3.05, 3.63) is 35.4 Å². The number of carbonyl (C=O) groups excluding carboxylic acids is 3. The van der Waals surface area contributed by atoms with Gasteiger partial charge in [0.2, 0.25) is 0 Å². The monoisotopic (exact) mass is 204 g/mol. The molecule has 4 nitrogen and oxygen atoms in total. The first-order chi connectivity index (χ1) is 7.11. The van der Waals surface area contributed by atoms with E-state index in [-0.39, 0.29) is 11.3 Å². The first-order valence-electron chi connectivity index (χ1n) is 4.46. The summed E-state index contributed by atoms with van der Waals surface area (Å²) in [6.45, 7) is 1.30. The third-order valence-electron chi connectivity index (χ3n) is 2.33. The number of esters is 2. The summed E-state index contributed by atoms with van der Waals surface area (Å²) in [4.78, 5) is 33.9. The number of benzene rings is 1. The molecule has 0 saturated heterocycles. The molecule has 0 bridgehead atoms. The number of ketones is 1. The smallest absolute Gasteiger partial charge is 0.346 e. The van der Waals surface area contributed by atoms with Gasteiger partial charge in [-0.3, -0.25) is 9.59 Å². The van der Waals surface area contributed by atoms with E-state index < -0.39 is 17.9 Å². The van der Waals surface area contributed by atoms with Crippen LogP contribution in [-0.2, 0) is 14.3 Å². The van der Waals surface area contributed by atoms with Crippen LogP contribution in [0.4, 0.5) is 0 Å². The molecule has 0 radical (unpaired) electrons. The Morgan fingerprint density at radius 1 is 1.27 bits per heavy atom. The number of cyclic esters (lactones) is 2. The predicted molar refractivity (Wildman–Crippen MR) is 50.3 cm³/mol. The molecule has 0 aromatic heterocycles. The van der Waals surface area contributed by atoms with E-state index in [1.54, 1.807) is 24.3 Å². The SMILES string of the molecule is CC(=O)[C@H]1C(=O)OC(=O)c2ccccc21. The molecule has 1 heterocycles. The fraction of sp³-hybridized carbons (Fsp3) is 0.182. The Bertz CT molecular complexity index is 461. The molecule has 1 atom stereocenters. The van der Waals surface area contributed by atoms with E-state index in [9.17, 15) is 14.4 Å². The lowest BCUT2D eigenvalue weighted by Crippen LogP contribution is -2.31. The molecule has 1 aliphatic rings. The summed E-state index contributed by atoms with van der Waals surface area (Å²) in [7, 11) is 0. The molecule has 0 N–H and O–H groups in total. The maximum Gasteiger partial charge on any atom is 0.346 e. The molecule has 2 rings (SSSR count). The molecule has 0 amide bonds. The Balaban J connectivity index is 2.61. The standard InChI is InChI=1S/C11H8O4/c1-6(12)9-7-4-2-3-5-8(7)10(13)15-11(9)14/h2-5,9H,1H3/t9-/m1/s1. The summed E-state index contributed by atoms with van der Waals surface area (Å²) in [5.74, 6) is -2.75. The van der Waals surface area contributed by atoms with Crippen molar-refractivity contribution in [1.29, 1.82) is 0 Å². The van der Waals surface area contributed by atoms with Crippen LogP contribution in [0.1, 0.15) is 28.8 Å². The third-order valence-corrected chi connectivity index (χ3v) is 2.33. The summed E-state index contributed by atoms with van der Waals surface area (Å²) in [5.41, 5.74) is 0.726. The second kappa shape index (κ2) is 3.31. The van der Waals surface area contributed by atoms with Crippen LogP contribution in [0.2, 0.25) is 0 Å². The van der Waals surface area contributed by atoms with Crippen LogP contribution in [0.3, 0.4) is 0 Å². The van der Waals surface area contributed by atoms with E-state index in [1.807, 2.05) is 0 Å². The molecule has 1 aromatic carbocycles. The van der Waals surface area contributed by atoms with Crippen LogP contribution in [-0.4, -0.2) is 17.7 Å². The van der Waals surface area contributed by atoms with E-state index in [0.717, 1.165) is 0 Å². The van der Waals surface area contributed by atoms with Gasteiger partial charge in [0.15, 0.2) is 0 Å². The number of hydrogen-bond donors (Lipinski definition) is 0. The molecule has 1 aromatic rings. The number of hydrogen-bond acceptors (Lipinski definition) is 4. The zero-order valence-corrected chi connectivity index (χ0v) is 8.02. The van der Waals surface area contributed by atoms with Crippen molar-refractivity contribution in [2.75, 3.05) is 0 Å². The lowest BCUT2D eigenvalue weighted by molar-refractivity contribution is -0.143. The molecule has 0 saturated carbocycles. The van der Waals surface area contributed by atoms with Gasteiger partial charge in [-0.1, -0.05) is 18.2 Å². The van der Waals surface area contributed by atoms with E-state index in [0.29, 0.717) is 5.56 Å². The van der Waals surface area contributed by atoms with E-state index in [2.05, 4.69) is 4.74 Å². The van der Waals surface area contributed by atoms with Gasteiger partial charge in [-0.15, -0.1) is 0 Å². The van der Waals surface area contributed by atoms with E-state index in [4.69, 9.17) is 0 Å². The van der Waals surface area contributed by atoms with Gasteiger partial charge < -0.3 is 4.74 Å². The van der Waals surface area contributed by atoms with Crippen LogP contribution >= 0.6 is 0 Å². The fourth-order valence-corrected chi connectivity index (χ4v) is 1.65. The van der Waals surface area contributed by atoms with Crippen LogP contribution in [0.15, 0.2) is 24.3 Å². The highest BCUT2D eigenvalue weighted by Gasteiger charge is 2.37. The van der Waals surface area contributed by atoms with Crippen molar-refractivity contribution in [3.8, 4) is 0 Å². The topological polar surface area (TPSA) is 60.4 Å². The minimum atomic E-state index is -0.959. The van der Waals surface area contributed by atoms with Gasteiger partial charge in [-0.05, 0) is 18.6 Å². The zero-order valence-electron chi connectivity index (χ0n) is 8.02. The largest absolute Gasteiger partial charge is 0.389 e. The average Bonchev–Trinajstić information content (AvgIpc) is 2.17. The Morgan fingerprint density at radius 3 is 2.60 bits per heavy atom. The second-order valence-electron chi connectivity index (χ2n) is 3.34. The summed E-state index contributed by atoms with van der Waals surface area (Å²) < 4.78 is 4.49. The van der Waals surface area contributed by atoms with E-state index in [1.165, 1.54) is 6.92 Å². The lowest BCUT2D eigenvalue weighted by Gasteiger charge is -2.20. The molecule has 15 heavy (non-hydrogen) atoms. The molecular formula is C11H8O4. The Hall–Kier alpha value is -1.97. The summed E-state index contributed by atoms with van der Waals surface area (Å²) in [6.07, 6.45) is 0. The van der Waals surface area contributed by atoms with Crippen molar-refractivity contribution < 1.29 is 19.1 Å². The number of ether oxygens (including phenoxy) is 1. The highest BCUT2D eigenvalue weighted by molar-refractivity contribution is 6.13. The van der Waals surface area contributed by atoms with Crippen LogP contribution < -0.4 is 0 Å². The molecule has 76 valence electrons. The molecule has 1 aliphatic heterocycles.